The minimum Gasteiger partial charge on any atom is -0.0810 e. The second-order valence-corrected chi connectivity index (χ2v) is 3.87. The van der Waals surface area contributed by atoms with Crippen LogP contribution in [-0.2, 0) is 0 Å². The van der Waals surface area contributed by atoms with E-state index in [2.05, 4.69) is 24.3 Å². The lowest BCUT2D eigenvalue weighted by atomic mass is 10.2. The third-order valence-corrected chi connectivity index (χ3v) is 2.64. The molecule has 0 amide bonds. The topological polar surface area (TPSA) is 0 Å². The Bertz CT molecular complexity index is 277. The zero-order chi connectivity index (χ0) is 10.3. The van der Waals surface area contributed by atoms with Crippen LogP contribution in [0.1, 0.15) is 6.42 Å². The van der Waals surface area contributed by atoms with E-state index in [4.69, 9.17) is 0 Å². The van der Waals surface area contributed by atoms with Crippen molar-refractivity contribution < 1.29 is 0 Å². The van der Waals surface area contributed by atoms with Crippen LogP contribution in [0.15, 0.2) is 72.9 Å². The summed E-state index contributed by atoms with van der Waals surface area (Å²) >= 11 is 0. The summed E-state index contributed by atoms with van der Waals surface area (Å²) in [6.45, 7) is 0. The molecule has 0 aliphatic heterocycles. The quantitative estimate of drug-likeness (QED) is 0.514. The van der Waals surface area contributed by atoms with Crippen molar-refractivity contribution >= 4 is 0 Å². The van der Waals surface area contributed by atoms with Crippen LogP contribution >= 0.6 is 0 Å². The minimum absolute atomic E-state index is 0.810. The fraction of sp³-hybridized carbons (Fsp3) is 0.200. The van der Waals surface area contributed by atoms with E-state index in [-0.39, 0.29) is 0 Å². The van der Waals surface area contributed by atoms with Gasteiger partial charge in [-0.25, -0.2) is 0 Å². The van der Waals surface area contributed by atoms with Crippen LogP contribution in [-0.4, -0.2) is 0 Å². The molecule has 3 aliphatic rings. The minimum atomic E-state index is 0.810. The summed E-state index contributed by atoms with van der Waals surface area (Å²) in [6.07, 6.45) is 26.5. The molecular weight excluding hydrogens is 180 g/mol. The first kappa shape index (κ1) is 9.97. The molecule has 0 aromatic carbocycles. The van der Waals surface area contributed by atoms with E-state index >= 15 is 0 Å². The fourth-order valence-corrected chi connectivity index (χ4v) is 1.84. The van der Waals surface area contributed by atoms with Crippen LogP contribution < -0.4 is 0 Å². The standard InChI is InChI=1S/C8H8.C7H8/c1-2-4-6-8-7-5-3-1;1-2-7-4-3-6(1)5-7/h1-8H;1-4,6-7H,5H2/b2-1-,3-1?,4-2?,5-3-,6-4?,7-5?,8-6?,8-7?;. The van der Waals surface area contributed by atoms with Gasteiger partial charge in [0.05, 0.1) is 0 Å². The van der Waals surface area contributed by atoms with Crippen molar-refractivity contribution in [1.29, 1.82) is 0 Å². The predicted octanol–water partition coefficient (Wildman–Crippen LogP) is 3.97. The highest BCUT2D eigenvalue weighted by atomic mass is 14.2. The van der Waals surface area contributed by atoms with E-state index in [1.165, 1.54) is 6.42 Å². The van der Waals surface area contributed by atoms with Crippen molar-refractivity contribution in [2.24, 2.45) is 11.8 Å². The third kappa shape index (κ3) is 3.25. The van der Waals surface area contributed by atoms with Crippen LogP contribution in [0.5, 0.6) is 0 Å². The zero-order valence-electron chi connectivity index (χ0n) is 8.79. The molecule has 0 N–H and O–H groups in total. The van der Waals surface area contributed by atoms with Crippen molar-refractivity contribution in [2.45, 2.75) is 6.42 Å². The van der Waals surface area contributed by atoms with E-state index < -0.39 is 0 Å². The maximum Gasteiger partial charge on any atom is -0.00445 e. The summed E-state index contributed by atoms with van der Waals surface area (Å²) in [5.41, 5.74) is 0. The first-order valence-corrected chi connectivity index (χ1v) is 5.48. The van der Waals surface area contributed by atoms with E-state index in [0.717, 1.165) is 11.8 Å². The van der Waals surface area contributed by atoms with E-state index in [0.29, 0.717) is 0 Å². The molecule has 0 nitrogen and oxygen atoms in total. The third-order valence-electron chi connectivity index (χ3n) is 2.64. The molecular formula is C15H16. The van der Waals surface area contributed by atoms with Gasteiger partial charge in [0.15, 0.2) is 0 Å². The van der Waals surface area contributed by atoms with Gasteiger partial charge < -0.3 is 0 Å². The largest absolute Gasteiger partial charge is 0.0810 e. The Morgan fingerprint density at radius 2 is 0.733 bits per heavy atom. The Hall–Kier alpha value is -1.56. The van der Waals surface area contributed by atoms with Crippen LogP contribution in [0, 0.1) is 11.8 Å². The van der Waals surface area contributed by atoms with Gasteiger partial charge in [-0.15, -0.1) is 0 Å². The summed E-state index contributed by atoms with van der Waals surface area (Å²) in [5.74, 6) is 1.62. The van der Waals surface area contributed by atoms with Crippen molar-refractivity contribution in [3.63, 3.8) is 0 Å². The van der Waals surface area contributed by atoms with Crippen LogP contribution in [0.3, 0.4) is 0 Å². The molecule has 76 valence electrons. The Labute approximate surface area is 91.7 Å². The second-order valence-electron chi connectivity index (χ2n) is 3.87. The number of fused-ring (bicyclic) bond motifs is 2. The molecule has 3 aliphatic carbocycles. The highest BCUT2D eigenvalue weighted by Gasteiger charge is 2.19. The number of allylic oxidation sites excluding steroid dienone is 12. The number of rotatable bonds is 0. The highest BCUT2D eigenvalue weighted by Crippen LogP contribution is 2.31. The molecule has 0 saturated carbocycles. The van der Waals surface area contributed by atoms with Gasteiger partial charge in [-0.2, -0.15) is 0 Å². The molecule has 0 heterocycles. The summed E-state index contributed by atoms with van der Waals surface area (Å²) in [5, 5.41) is 0. The summed E-state index contributed by atoms with van der Waals surface area (Å²) in [6, 6.07) is 0. The summed E-state index contributed by atoms with van der Waals surface area (Å²) in [4.78, 5) is 0. The Morgan fingerprint density at radius 3 is 0.867 bits per heavy atom. The van der Waals surface area contributed by atoms with Gasteiger partial charge in [-0.3, -0.25) is 0 Å². The van der Waals surface area contributed by atoms with Crippen LogP contribution in [0.25, 0.3) is 0 Å². The molecule has 0 unspecified atom stereocenters. The average molecular weight is 196 g/mol. The van der Waals surface area contributed by atoms with Gasteiger partial charge in [0.2, 0.25) is 0 Å². The molecule has 0 heteroatoms. The second kappa shape index (κ2) is 5.35. The van der Waals surface area contributed by atoms with Gasteiger partial charge in [0.25, 0.3) is 0 Å². The van der Waals surface area contributed by atoms with Crippen LogP contribution in [0.2, 0.25) is 0 Å². The molecule has 0 atom stereocenters. The Kier molecular flexibility index (Phi) is 3.56. The Balaban J connectivity index is 0.000000114. The van der Waals surface area contributed by atoms with Gasteiger partial charge in [-0.05, 0) is 18.3 Å². The summed E-state index contributed by atoms with van der Waals surface area (Å²) in [7, 11) is 0. The van der Waals surface area contributed by atoms with E-state index in [9.17, 15) is 0 Å². The maximum absolute atomic E-state index is 2.30. The van der Waals surface area contributed by atoms with Crippen LogP contribution in [0.4, 0.5) is 0 Å². The highest BCUT2D eigenvalue weighted by molar-refractivity contribution is 5.23. The van der Waals surface area contributed by atoms with Gasteiger partial charge >= 0.3 is 0 Å². The molecule has 15 heavy (non-hydrogen) atoms. The lowest BCUT2D eigenvalue weighted by molar-refractivity contribution is 0.732. The normalized spacial score (nSPS) is 33.1. The lowest BCUT2D eigenvalue weighted by Gasteiger charge is -1.88. The van der Waals surface area contributed by atoms with Crippen molar-refractivity contribution in [1.82, 2.24) is 0 Å². The SMILES string of the molecule is C1=C/C=C\C=C/C=C1.C1=CC2C=CC1C2. The molecule has 0 aromatic rings. The number of hydrogen-bond donors (Lipinski definition) is 0. The molecule has 0 saturated heterocycles. The maximum atomic E-state index is 2.30. The summed E-state index contributed by atoms with van der Waals surface area (Å²) < 4.78 is 0. The van der Waals surface area contributed by atoms with Crippen molar-refractivity contribution in [2.75, 3.05) is 0 Å². The van der Waals surface area contributed by atoms with Crippen molar-refractivity contribution in [3.8, 4) is 0 Å². The van der Waals surface area contributed by atoms with E-state index in [1.807, 2.05) is 48.6 Å². The lowest BCUT2D eigenvalue weighted by Crippen LogP contribution is -1.79. The van der Waals surface area contributed by atoms with E-state index in [1.54, 1.807) is 0 Å². The first-order chi connectivity index (χ1) is 7.45. The molecule has 0 spiro atoms. The molecule has 0 aromatic heterocycles. The van der Waals surface area contributed by atoms with Gasteiger partial charge in [0, 0.05) is 0 Å². The average Bonchev–Trinajstić information content (AvgIpc) is 2.80. The predicted molar refractivity (Wildman–Crippen MR) is 66.4 cm³/mol. The van der Waals surface area contributed by atoms with Crippen molar-refractivity contribution in [3.05, 3.63) is 72.9 Å². The number of hydrogen-bond acceptors (Lipinski definition) is 0. The Morgan fingerprint density at radius 1 is 0.467 bits per heavy atom. The molecule has 2 bridgehead atoms. The fourth-order valence-electron chi connectivity index (χ4n) is 1.84. The monoisotopic (exact) mass is 196 g/mol. The molecule has 3 rings (SSSR count). The first-order valence-electron chi connectivity index (χ1n) is 5.48. The molecule has 0 radical (unpaired) electrons. The smallest absolute Gasteiger partial charge is 0.00445 e. The zero-order valence-corrected chi connectivity index (χ0v) is 8.79. The van der Waals surface area contributed by atoms with Gasteiger partial charge in [-0.1, -0.05) is 72.9 Å². The van der Waals surface area contributed by atoms with Gasteiger partial charge in [0.1, 0.15) is 0 Å². The molecule has 0 fully saturated rings.